The Morgan fingerprint density at radius 2 is 1.13 bits per heavy atom. The van der Waals surface area contributed by atoms with Crippen LogP contribution in [0.4, 0.5) is 45.5 Å². The normalized spacial score (nSPS) is 18.8. The molecule has 0 bridgehead atoms. The highest BCUT2D eigenvalue weighted by molar-refractivity contribution is 7.26. The number of fused-ring (bicyclic) bond motifs is 13. The lowest BCUT2D eigenvalue weighted by Crippen LogP contribution is -2.61. The van der Waals surface area contributed by atoms with E-state index in [4.69, 9.17) is 0 Å². The first-order valence-corrected chi connectivity index (χ1v) is 27.1. The van der Waals surface area contributed by atoms with Crippen molar-refractivity contribution >= 4 is 132 Å². The van der Waals surface area contributed by atoms with Gasteiger partial charge in [0.25, 0.3) is 6.71 Å². The summed E-state index contributed by atoms with van der Waals surface area (Å²) in [6.45, 7) is 12.1. The first kappa shape index (κ1) is 41.6. The highest BCUT2D eigenvalue weighted by Crippen LogP contribution is 2.62. The Morgan fingerprint density at radius 1 is 0.451 bits per heavy atom. The van der Waals surface area contributed by atoms with E-state index in [1.54, 1.807) is 5.56 Å². The second-order valence-corrected chi connectivity index (χ2v) is 23.5. The molecule has 342 valence electrons. The van der Waals surface area contributed by atoms with Gasteiger partial charge in [0.2, 0.25) is 0 Å². The lowest BCUT2D eigenvalue weighted by molar-refractivity contribution is 0.194. The van der Waals surface area contributed by atoms with Crippen molar-refractivity contribution in [2.24, 2.45) is 0 Å². The molecular formula is C65H52BN3S2. The predicted octanol–water partition coefficient (Wildman–Crippen LogP) is 16.8. The minimum Gasteiger partial charge on any atom is -0.334 e. The average molecular weight is 950 g/mol. The largest absolute Gasteiger partial charge is 0.334 e. The van der Waals surface area contributed by atoms with Gasteiger partial charge < -0.3 is 14.7 Å². The van der Waals surface area contributed by atoms with Crippen LogP contribution in [0.2, 0.25) is 0 Å². The zero-order valence-corrected chi connectivity index (χ0v) is 42.4. The molecule has 1 aliphatic carbocycles. The molecule has 15 rings (SSSR count). The van der Waals surface area contributed by atoms with Crippen LogP contribution in [-0.2, 0) is 5.41 Å². The zero-order valence-electron chi connectivity index (χ0n) is 40.8. The monoisotopic (exact) mass is 949 g/mol. The van der Waals surface area contributed by atoms with Crippen LogP contribution in [0.3, 0.4) is 0 Å². The Hall–Kier alpha value is -7.12. The van der Waals surface area contributed by atoms with Crippen LogP contribution in [0.1, 0.15) is 61.8 Å². The maximum Gasteiger partial charge on any atom is 0.252 e. The van der Waals surface area contributed by atoms with Crippen molar-refractivity contribution in [1.82, 2.24) is 0 Å². The molecule has 3 nitrogen and oxygen atoms in total. The summed E-state index contributed by atoms with van der Waals surface area (Å²) in [5.41, 5.74) is 22.1. The fourth-order valence-corrected chi connectivity index (χ4v) is 16.5. The molecule has 1 fully saturated rings. The van der Waals surface area contributed by atoms with Gasteiger partial charge in [-0.25, -0.2) is 0 Å². The highest BCUT2D eigenvalue weighted by Gasteiger charge is 2.58. The van der Waals surface area contributed by atoms with Crippen LogP contribution < -0.4 is 31.1 Å². The minimum atomic E-state index is -0.0783. The Kier molecular flexibility index (Phi) is 8.77. The number of thiophene rings is 2. The first-order valence-electron chi connectivity index (χ1n) is 25.5. The molecule has 6 heteroatoms. The molecule has 2 unspecified atom stereocenters. The van der Waals surface area contributed by atoms with Crippen molar-refractivity contribution in [3.05, 3.63) is 198 Å². The molecule has 0 radical (unpaired) electrons. The maximum atomic E-state index is 2.80. The van der Waals surface area contributed by atoms with E-state index in [9.17, 15) is 0 Å². The summed E-state index contributed by atoms with van der Waals surface area (Å²) in [5.74, 6) is 0. The van der Waals surface area contributed by atoms with E-state index >= 15 is 0 Å². The van der Waals surface area contributed by atoms with Crippen molar-refractivity contribution in [3.63, 3.8) is 0 Å². The molecule has 4 aliphatic rings. The van der Waals surface area contributed by atoms with E-state index < -0.39 is 0 Å². The molecule has 2 atom stereocenters. The molecule has 2 aromatic heterocycles. The fraction of sp³-hybridized carbons (Fsp3) is 0.169. The average Bonchev–Trinajstić information content (AvgIpc) is 4.02. The number of anilines is 8. The van der Waals surface area contributed by atoms with Crippen molar-refractivity contribution in [2.75, 3.05) is 14.7 Å². The summed E-state index contributed by atoms with van der Waals surface area (Å²) < 4.78 is 5.27. The third kappa shape index (κ3) is 5.72. The molecule has 5 heterocycles. The quantitative estimate of drug-likeness (QED) is 0.163. The highest BCUT2D eigenvalue weighted by atomic mass is 32.1. The van der Waals surface area contributed by atoms with Crippen LogP contribution in [0.25, 0.3) is 51.5 Å². The number of benzene rings is 9. The van der Waals surface area contributed by atoms with Crippen LogP contribution in [0.5, 0.6) is 0 Å². The lowest BCUT2D eigenvalue weighted by Gasteiger charge is -2.51. The van der Waals surface area contributed by atoms with Gasteiger partial charge in [-0.15, -0.1) is 22.7 Å². The van der Waals surface area contributed by atoms with Gasteiger partial charge in [0.15, 0.2) is 0 Å². The van der Waals surface area contributed by atoms with E-state index in [2.05, 4.69) is 225 Å². The summed E-state index contributed by atoms with van der Waals surface area (Å²) in [4.78, 5) is 8.06. The first-order chi connectivity index (χ1) is 34.7. The molecule has 0 amide bonds. The minimum absolute atomic E-state index is 0.0173. The second-order valence-electron chi connectivity index (χ2n) is 21.4. The fourth-order valence-electron chi connectivity index (χ4n) is 14.1. The maximum absolute atomic E-state index is 2.80. The van der Waals surface area contributed by atoms with Gasteiger partial charge in [0.05, 0.1) is 15.9 Å². The third-order valence-electron chi connectivity index (χ3n) is 17.3. The van der Waals surface area contributed by atoms with Gasteiger partial charge in [-0.3, -0.25) is 0 Å². The number of hydrogen-bond donors (Lipinski definition) is 0. The van der Waals surface area contributed by atoms with E-state index in [0.717, 1.165) is 6.42 Å². The van der Waals surface area contributed by atoms with E-state index in [-0.39, 0.29) is 17.7 Å². The molecule has 71 heavy (non-hydrogen) atoms. The van der Waals surface area contributed by atoms with Crippen molar-refractivity contribution in [3.8, 4) is 11.1 Å². The van der Waals surface area contributed by atoms with E-state index in [1.165, 1.54) is 149 Å². The van der Waals surface area contributed by atoms with E-state index in [1.807, 2.05) is 22.7 Å². The summed E-state index contributed by atoms with van der Waals surface area (Å²) in [6, 6.07) is 67.7. The Bertz CT molecular complexity index is 4070. The Balaban J connectivity index is 1.03. The van der Waals surface area contributed by atoms with Gasteiger partial charge in [0, 0.05) is 80.9 Å². The van der Waals surface area contributed by atoms with Gasteiger partial charge in [-0.05, 0) is 157 Å². The topological polar surface area (TPSA) is 9.72 Å². The van der Waals surface area contributed by atoms with Crippen molar-refractivity contribution in [1.29, 1.82) is 0 Å². The van der Waals surface area contributed by atoms with Crippen molar-refractivity contribution in [2.45, 2.75) is 71.3 Å². The number of aryl methyl sites for hydroxylation is 3. The van der Waals surface area contributed by atoms with Crippen LogP contribution in [-0.4, -0.2) is 12.3 Å². The zero-order chi connectivity index (χ0) is 47.5. The summed E-state index contributed by atoms with van der Waals surface area (Å²) in [5, 5.41) is 5.27. The van der Waals surface area contributed by atoms with Gasteiger partial charge >= 0.3 is 0 Å². The molecule has 1 saturated carbocycles. The summed E-state index contributed by atoms with van der Waals surface area (Å²) >= 11 is 3.82. The summed E-state index contributed by atoms with van der Waals surface area (Å²) in [7, 11) is 0. The molecule has 9 aromatic carbocycles. The molecule has 0 saturated heterocycles. The second kappa shape index (κ2) is 15.0. The molecule has 11 aromatic rings. The Labute approximate surface area is 424 Å². The lowest BCUT2D eigenvalue weighted by atomic mass is 9.33. The predicted molar refractivity (Wildman–Crippen MR) is 309 cm³/mol. The number of nitrogens with zero attached hydrogens (tertiary/aromatic N) is 3. The smallest absolute Gasteiger partial charge is 0.252 e. The standard InChI is InChI=1S/C65H52BN3S2/c1-39-32-41(3)61-55(33-39)69(65(5)31-14-13-30-64(61,65)4)45-26-28-50-54(37-45)68(53-21-15-20-49-47-19-10-12-23-59(47)71-63(49)53)57-35-40(2)34-56-62(57)66(50)51-36-43(42-16-7-6-8-17-42)24-29-52(51)67(56)44-25-27-48-46-18-9-11-22-58(46)70-60(48)38-44/h6-12,15-29,32-38H,13-14,30-31H2,1-5H3. The molecule has 0 spiro atoms. The third-order valence-corrected chi connectivity index (χ3v) is 19.7. The molecule has 0 N–H and O–H groups in total. The van der Waals surface area contributed by atoms with Gasteiger partial charge in [0.1, 0.15) is 0 Å². The number of hydrogen-bond acceptors (Lipinski definition) is 5. The van der Waals surface area contributed by atoms with Gasteiger partial charge in [-0.2, -0.15) is 0 Å². The molecule has 3 aliphatic heterocycles. The van der Waals surface area contributed by atoms with Gasteiger partial charge in [-0.1, -0.05) is 129 Å². The summed E-state index contributed by atoms with van der Waals surface area (Å²) in [6.07, 6.45) is 4.87. The molecular weight excluding hydrogens is 898 g/mol. The van der Waals surface area contributed by atoms with Crippen molar-refractivity contribution < 1.29 is 0 Å². The SMILES string of the molecule is Cc1cc2c3c(c1)N(c1cccc4c1sc1ccccc14)c1cc(N4c5cc(C)cc(C)c5C5(C)CCCCC45C)ccc1B3c1cc(-c3ccccc3)ccc1N2c1ccc2c(c1)sc1ccccc12. The van der Waals surface area contributed by atoms with Crippen LogP contribution in [0.15, 0.2) is 176 Å². The Morgan fingerprint density at radius 3 is 1.96 bits per heavy atom. The van der Waals surface area contributed by atoms with Crippen LogP contribution in [0, 0.1) is 20.8 Å². The number of rotatable bonds is 4. The van der Waals surface area contributed by atoms with E-state index in [0.29, 0.717) is 0 Å². The van der Waals surface area contributed by atoms with Crippen LogP contribution >= 0.6 is 22.7 Å².